The van der Waals surface area contributed by atoms with Gasteiger partial charge in [0.2, 0.25) is 0 Å². The number of aromatic hydroxyl groups is 1. The predicted molar refractivity (Wildman–Crippen MR) is 109 cm³/mol. The Kier molecular flexibility index (Phi) is 4.68. The van der Waals surface area contributed by atoms with Crippen molar-refractivity contribution in [3.05, 3.63) is 89.8 Å². The van der Waals surface area contributed by atoms with Crippen LogP contribution in [-0.2, 0) is 0 Å². The Morgan fingerprint density at radius 3 is 2.41 bits per heavy atom. The van der Waals surface area contributed by atoms with Crippen molar-refractivity contribution in [1.29, 1.82) is 0 Å². The lowest BCUT2D eigenvalue weighted by atomic mass is 10.1. The van der Waals surface area contributed by atoms with Crippen molar-refractivity contribution in [2.75, 3.05) is 5.32 Å². The first-order valence-electron chi connectivity index (χ1n) is 8.41. The molecule has 0 aliphatic heterocycles. The molecular formula is C22H16N2O2S. The highest BCUT2D eigenvalue weighted by Gasteiger charge is 2.09. The zero-order valence-corrected chi connectivity index (χ0v) is 15.1. The van der Waals surface area contributed by atoms with Crippen LogP contribution < -0.4 is 5.32 Å². The van der Waals surface area contributed by atoms with Gasteiger partial charge in [0.1, 0.15) is 10.8 Å². The zero-order chi connectivity index (χ0) is 18.6. The second-order valence-electron chi connectivity index (χ2n) is 5.99. The summed E-state index contributed by atoms with van der Waals surface area (Å²) >= 11 is 1.53. The van der Waals surface area contributed by atoms with Crippen molar-refractivity contribution in [1.82, 2.24) is 4.98 Å². The summed E-state index contributed by atoms with van der Waals surface area (Å²) in [5.74, 6) is 0.0888. The van der Waals surface area contributed by atoms with Gasteiger partial charge in [-0.05, 0) is 36.4 Å². The van der Waals surface area contributed by atoms with Crippen LogP contribution in [0.4, 0.5) is 5.69 Å². The molecule has 1 aromatic heterocycles. The van der Waals surface area contributed by atoms with E-state index in [4.69, 9.17) is 0 Å². The second-order valence-corrected chi connectivity index (χ2v) is 6.84. The number of benzene rings is 3. The molecule has 0 atom stereocenters. The Bertz CT molecular complexity index is 1070. The summed E-state index contributed by atoms with van der Waals surface area (Å²) in [5.41, 5.74) is 4.07. The van der Waals surface area contributed by atoms with E-state index in [0.717, 1.165) is 27.5 Å². The molecule has 4 aromatic rings. The Balaban J connectivity index is 1.50. The first-order valence-corrected chi connectivity index (χ1v) is 9.29. The molecule has 4 nitrogen and oxygen atoms in total. The van der Waals surface area contributed by atoms with Gasteiger partial charge in [-0.2, -0.15) is 0 Å². The number of thiazole rings is 1. The third-order valence-corrected chi connectivity index (χ3v) is 4.96. The van der Waals surface area contributed by atoms with Crippen LogP contribution in [0.15, 0.2) is 84.2 Å². The molecule has 0 aliphatic rings. The number of phenolic OH excluding ortho intramolecular Hbond substituents is 1. The minimum Gasteiger partial charge on any atom is -0.508 e. The number of nitrogens with zero attached hydrogens (tertiary/aromatic N) is 1. The maximum atomic E-state index is 12.2. The van der Waals surface area contributed by atoms with E-state index in [1.165, 1.54) is 11.3 Å². The highest BCUT2D eigenvalue weighted by Crippen LogP contribution is 2.30. The van der Waals surface area contributed by atoms with Gasteiger partial charge in [0.25, 0.3) is 5.91 Å². The molecule has 1 amide bonds. The number of hydrogen-bond acceptors (Lipinski definition) is 4. The molecule has 0 saturated heterocycles. The minimum atomic E-state index is -0.136. The van der Waals surface area contributed by atoms with Gasteiger partial charge in [-0.15, -0.1) is 11.3 Å². The van der Waals surface area contributed by atoms with Crippen molar-refractivity contribution < 1.29 is 9.90 Å². The molecule has 0 fully saturated rings. The molecule has 0 bridgehead atoms. The van der Waals surface area contributed by atoms with E-state index in [0.29, 0.717) is 5.56 Å². The van der Waals surface area contributed by atoms with Crippen molar-refractivity contribution in [2.24, 2.45) is 0 Å². The molecule has 0 spiro atoms. The van der Waals surface area contributed by atoms with E-state index in [1.807, 2.05) is 53.9 Å². The molecule has 1 heterocycles. The van der Waals surface area contributed by atoms with Crippen LogP contribution in [0.25, 0.3) is 21.8 Å². The number of nitrogens with one attached hydrogen (secondary N) is 1. The number of phenols is 1. The molecule has 0 unspecified atom stereocenters. The summed E-state index contributed by atoms with van der Waals surface area (Å²) in [7, 11) is 0. The number of anilines is 1. The van der Waals surface area contributed by atoms with Crippen LogP contribution >= 0.6 is 11.3 Å². The zero-order valence-electron chi connectivity index (χ0n) is 14.3. The van der Waals surface area contributed by atoms with Crippen LogP contribution in [0.2, 0.25) is 0 Å². The summed E-state index contributed by atoms with van der Waals surface area (Å²) in [6.07, 6.45) is 0. The fourth-order valence-electron chi connectivity index (χ4n) is 2.69. The summed E-state index contributed by atoms with van der Waals surface area (Å²) < 4.78 is 0. The number of amides is 1. The highest BCUT2D eigenvalue weighted by molar-refractivity contribution is 7.13. The van der Waals surface area contributed by atoms with Gasteiger partial charge in [0.15, 0.2) is 0 Å². The van der Waals surface area contributed by atoms with E-state index < -0.39 is 0 Å². The largest absolute Gasteiger partial charge is 0.508 e. The molecule has 0 aliphatic carbocycles. The lowest BCUT2D eigenvalue weighted by molar-refractivity contribution is 0.102. The van der Waals surface area contributed by atoms with E-state index in [-0.39, 0.29) is 11.7 Å². The predicted octanol–water partition coefficient (Wildman–Crippen LogP) is 5.44. The maximum Gasteiger partial charge on any atom is 0.255 e. The fourth-order valence-corrected chi connectivity index (χ4v) is 3.52. The summed E-state index contributed by atoms with van der Waals surface area (Å²) in [5, 5.41) is 15.3. The minimum absolute atomic E-state index is 0.136. The molecule has 4 rings (SSSR count). The number of aromatic nitrogens is 1. The second kappa shape index (κ2) is 7.43. The molecule has 2 N–H and O–H groups in total. The van der Waals surface area contributed by atoms with Gasteiger partial charge in [-0.1, -0.05) is 42.5 Å². The SMILES string of the molecule is O=C(Nc1ccc(-c2csc(-c3cccc(O)c3)n2)cc1)c1ccccc1. The average molecular weight is 372 g/mol. The first-order chi connectivity index (χ1) is 13.2. The van der Waals surface area contributed by atoms with Crippen LogP contribution in [0.5, 0.6) is 5.75 Å². The third-order valence-electron chi connectivity index (χ3n) is 4.07. The topological polar surface area (TPSA) is 62.2 Å². The van der Waals surface area contributed by atoms with Gasteiger partial charge < -0.3 is 10.4 Å². The third kappa shape index (κ3) is 3.88. The lowest BCUT2D eigenvalue weighted by Gasteiger charge is -2.06. The normalized spacial score (nSPS) is 10.5. The van der Waals surface area contributed by atoms with Crippen molar-refractivity contribution >= 4 is 22.9 Å². The Labute approximate surface area is 160 Å². The number of carbonyl (C=O) groups excluding carboxylic acids is 1. The summed E-state index contributed by atoms with van der Waals surface area (Å²) in [4.78, 5) is 16.9. The molecule has 27 heavy (non-hydrogen) atoms. The summed E-state index contributed by atoms with van der Waals surface area (Å²) in [6.45, 7) is 0. The Morgan fingerprint density at radius 2 is 1.67 bits per heavy atom. The van der Waals surface area contributed by atoms with Crippen LogP contribution in [-0.4, -0.2) is 16.0 Å². The van der Waals surface area contributed by atoms with Crippen molar-refractivity contribution in [3.63, 3.8) is 0 Å². The van der Waals surface area contributed by atoms with Gasteiger partial charge in [0, 0.05) is 27.8 Å². The quantitative estimate of drug-likeness (QED) is 0.502. The van der Waals surface area contributed by atoms with E-state index in [9.17, 15) is 9.90 Å². The number of rotatable bonds is 4. The van der Waals surface area contributed by atoms with E-state index >= 15 is 0 Å². The Morgan fingerprint density at radius 1 is 0.889 bits per heavy atom. The molecule has 0 radical (unpaired) electrons. The molecular weight excluding hydrogens is 356 g/mol. The first kappa shape index (κ1) is 17.0. The molecule has 3 aromatic carbocycles. The van der Waals surface area contributed by atoms with Gasteiger partial charge >= 0.3 is 0 Å². The van der Waals surface area contributed by atoms with E-state index in [1.54, 1.807) is 30.3 Å². The smallest absolute Gasteiger partial charge is 0.255 e. The number of hydrogen-bond donors (Lipinski definition) is 2. The van der Waals surface area contributed by atoms with Crippen molar-refractivity contribution in [2.45, 2.75) is 0 Å². The van der Waals surface area contributed by atoms with Crippen molar-refractivity contribution in [3.8, 4) is 27.6 Å². The molecule has 0 saturated carbocycles. The van der Waals surface area contributed by atoms with Gasteiger partial charge in [-0.25, -0.2) is 4.98 Å². The van der Waals surface area contributed by atoms with Gasteiger partial charge in [0.05, 0.1) is 5.69 Å². The van der Waals surface area contributed by atoms with Crippen LogP contribution in [0.3, 0.4) is 0 Å². The summed E-state index contributed by atoms with van der Waals surface area (Å²) in [6, 6.07) is 23.8. The fraction of sp³-hybridized carbons (Fsp3) is 0. The Hall–Kier alpha value is -3.44. The molecule has 132 valence electrons. The number of carbonyl (C=O) groups is 1. The maximum absolute atomic E-state index is 12.2. The van der Waals surface area contributed by atoms with Crippen LogP contribution in [0.1, 0.15) is 10.4 Å². The standard InChI is InChI=1S/C22H16N2O2S/c25-19-8-4-7-17(13-19)22-24-20(14-27-22)15-9-11-18(12-10-15)23-21(26)16-5-2-1-3-6-16/h1-14,25H,(H,23,26). The highest BCUT2D eigenvalue weighted by atomic mass is 32.1. The van der Waals surface area contributed by atoms with Crippen LogP contribution in [0, 0.1) is 0 Å². The molecule has 5 heteroatoms. The van der Waals surface area contributed by atoms with Gasteiger partial charge in [-0.3, -0.25) is 4.79 Å². The average Bonchev–Trinajstić information content (AvgIpc) is 3.19. The lowest BCUT2D eigenvalue weighted by Crippen LogP contribution is -2.11. The monoisotopic (exact) mass is 372 g/mol. The van der Waals surface area contributed by atoms with E-state index in [2.05, 4.69) is 10.3 Å².